The largest absolute Gasteiger partial charge is 0.356 e. The van der Waals surface area contributed by atoms with Gasteiger partial charge in [0.15, 0.2) is 5.78 Å². The van der Waals surface area contributed by atoms with E-state index in [1.165, 1.54) is 13.8 Å². The molecule has 0 aliphatic rings. The van der Waals surface area contributed by atoms with Gasteiger partial charge in [-0.1, -0.05) is 12.0 Å². The van der Waals surface area contributed by atoms with E-state index in [4.69, 9.17) is 6.42 Å². The second-order valence-electron chi connectivity index (χ2n) is 6.61. The van der Waals surface area contributed by atoms with Crippen LogP contribution in [-0.4, -0.2) is 28.2 Å². The van der Waals surface area contributed by atoms with Crippen molar-refractivity contribution in [3.05, 3.63) is 63.9 Å². The maximum Gasteiger partial charge on any atom is 0.260 e. The molecule has 0 spiro atoms. The molecule has 0 saturated heterocycles. The van der Waals surface area contributed by atoms with E-state index in [1.807, 2.05) is 23.1 Å². The summed E-state index contributed by atoms with van der Waals surface area (Å²) in [6.45, 7) is 3.71. The number of anilines is 2. The number of nitrogens with one attached hydrogen (secondary N) is 2. The average molecular weight is 388 g/mol. The molecule has 2 N–H and O–H groups in total. The van der Waals surface area contributed by atoms with Crippen molar-refractivity contribution < 1.29 is 9.59 Å². The summed E-state index contributed by atoms with van der Waals surface area (Å²) in [5.41, 5.74) is 2.53. The molecule has 0 atom stereocenters. The van der Waals surface area contributed by atoms with Crippen molar-refractivity contribution in [2.75, 3.05) is 16.8 Å². The lowest BCUT2D eigenvalue weighted by atomic mass is 10.1. The molecule has 0 aliphatic carbocycles. The van der Waals surface area contributed by atoms with Crippen molar-refractivity contribution >= 4 is 34.2 Å². The highest BCUT2D eigenvalue weighted by molar-refractivity contribution is 5.94. The van der Waals surface area contributed by atoms with Gasteiger partial charge < -0.3 is 4.90 Å². The third-order valence-corrected chi connectivity index (χ3v) is 4.36. The second kappa shape index (κ2) is 8.40. The number of aromatic amines is 1. The Hall–Kier alpha value is -3.92. The number of aromatic nitrogens is 2. The minimum absolute atomic E-state index is 0.0000589. The smallest absolute Gasteiger partial charge is 0.260 e. The van der Waals surface area contributed by atoms with E-state index in [9.17, 15) is 14.4 Å². The quantitative estimate of drug-likeness (QED) is 0.500. The maximum atomic E-state index is 12.4. The van der Waals surface area contributed by atoms with Gasteiger partial charge in [0.2, 0.25) is 11.9 Å². The number of amides is 1. The number of H-pyrrole nitrogens is 1. The van der Waals surface area contributed by atoms with E-state index >= 15 is 0 Å². The summed E-state index contributed by atoms with van der Waals surface area (Å²) in [5.74, 6) is 2.43. The van der Waals surface area contributed by atoms with Crippen LogP contribution in [0.4, 0.5) is 11.6 Å². The Labute approximate surface area is 167 Å². The molecule has 1 aromatic heterocycles. The number of terminal acetylenes is 1. The first-order valence-corrected chi connectivity index (χ1v) is 8.97. The first kappa shape index (κ1) is 19.8. The Bertz CT molecular complexity index is 1170. The standard InChI is InChI=1S/C22H20N4O3/c1-4-11-26(18-8-6-17(7-9-18)14(2)27)13-16-5-10-20-19(12-16)21(29)25-22(24-20)23-15(3)28/h1,5-10,12H,11,13H2,2-3H3,(H2,23,24,25,28,29). The SMILES string of the molecule is C#CCN(Cc1ccc2nc(NC(C)=O)[nH]c(=O)c2c1)c1ccc(C(C)=O)cc1. The lowest BCUT2D eigenvalue weighted by molar-refractivity contribution is -0.114. The normalized spacial score (nSPS) is 10.4. The minimum Gasteiger partial charge on any atom is -0.356 e. The van der Waals surface area contributed by atoms with E-state index in [1.54, 1.807) is 24.3 Å². The van der Waals surface area contributed by atoms with Crippen molar-refractivity contribution in [3.63, 3.8) is 0 Å². The number of benzene rings is 2. The van der Waals surface area contributed by atoms with E-state index in [0.29, 0.717) is 29.6 Å². The van der Waals surface area contributed by atoms with Gasteiger partial charge in [-0.3, -0.25) is 24.7 Å². The number of nitrogens with zero attached hydrogens (tertiary/aromatic N) is 2. The number of fused-ring (bicyclic) bond motifs is 1. The molecule has 0 unspecified atom stereocenters. The zero-order valence-electron chi connectivity index (χ0n) is 16.2. The van der Waals surface area contributed by atoms with Crippen LogP contribution in [-0.2, 0) is 11.3 Å². The lowest BCUT2D eigenvalue weighted by Gasteiger charge is -2.23. The van der Waals surface area contributed by atoms with Crippen molar-refractivity contribution in [2.45, 2.75) is 20.4 Å². The van der Waals surface area contributed by atoms with Crippen LogP contribution in [0.2, 0.25) is 0 Å². The Morgan fingerprint density at radius 2 is 1.90 bits per heavy atom. The fraction of sp³-hybridized carbons (Fsp3) is 0.182. The van der Waals surface area contributed by atoms with Gasteiger partial charge in [0.05, 0.1) is 17.4 Å². The molecular formula is C22H20N4O3. The van der Waals surface area contributed by atoms with Gasteiger partial charge in [0, 0.05) is 24.7 Å². The molecule has 0 aliphatic heterocycles. The molecular weight excluding hydrogens is 368 g/mol. The predicted molar refractivity (Wildman–Crippen MR) is 113 cm³/mol. The van der Waals surface area contributed by atoms with Crippen LogP contribution in [0.3, 0.4) is 0 Å². The number of hydrogen-bond acceptors (Lipinski definition) is 5. The number of rotatable bonds is 6. The van der Waals surface area contributed by atoms with E-state index in [2.05, 4.69) is 21.2 Å². The molecule has 1 heterocycles. The van der Waals surface area contributed by atoms with Crippen LogP contribution in [0.25, 0.3) is 10.9 Å². The summed E-state index contributed by atoms with van der Waals surface area (Å²) in [6.07, 6.45) is 5.52. The van der Waals surface area contributed by atoms with Gasteiger partial charge in [0.25, 0.3) is 5.56 Å². The fourth-order valence-electron chi connectivity index (χ4n) is 2.99. The van der Waals surface area contributed by atoms with Gasteiger partial charge in [-0.2, -0.15) is 0 Å². The summed E-state index contributed by atoms with van der Waals surface area (Å²) < 4.78 is 0. The molecule has 3 rings (SSSR count). The first-order valence-electron chi connectivity index (χ1n) is 8.97. The molecule has 0 fully saturated rings. The van der Waals surface area contributed by atoms with Gasteiger partial charge in [-0.15, -0.1) is 6.42 Å². The summed E-state index contributed by atoms with van der Waals surface area (Å²) in [5, 5.41) is 2.90. The van der Waals surface area contributed by atoms with Gasteiger partial charge in [0.1, 0.15) is 0 Å². The Morgan fingerprint density at radius 3 is 2.52 bits per heavy atom. The highest BCUT2D eigenvalue weighted by Gasteiger charge is 2.10. The molecule has 146 valence electrons. The lowest BCUT2D eigenvalue weighted by Crippen LogP contribution is -2.23. The van der Waals surface area contributed by atoms with E-state index < -0.39 is 0 Å². The topological polar surface area (TPSA) is 95.2 Å². The zero-order valence-corrected chi connectivity index (χ0v) is 16.2. The summed E-state index contributed by atoms with van der Waals surface area (Å²) in [4.78, 5) is 43.8. The third kappa shape index (κ3) is 4.68. The van der Waals surface area contributed by atoms with Crippen LogP contribution in [0, 0.1) is 12.3 Å². The van der Waals surface area contributed by atoms with Gasteiger partial charge >= 0.3 is 0 Å². The van der Waals surface area contributed by atoms with Gasteiger partial charge in [-0.25, -0.2) is 4.98 Å². The maximum absolute atomic E-state index is 12.4. The summed E-state index contributed by atoms with van der Waals surface area (Å²) >= 11 is 0. The summed E-state index contributed by atoms with van der Waals surface area (Å²) in [6, 6.07) is 12.6. The van der Waals surface area contributed by atoms with E-state index in [0.717, 1.165) is 11.3 Å². The van der Waals surface area contributed by atoms with Crippen LogP contribution < -0.4 is 15.8 Å². The van der Waals surface area contributed by atoms with Crippen molar-refractivity contribution in [2.24, 2.45) is 0 Å². The minimum atomic E-state index is -0.338. The van der Waals surface area contributed by atoms with Crippen LogP contribution in [0.1, 0.15) is 29.8 Å². The summed E-state index contributed by atoms with van der Waals surface area (Å²) in [7, 11) is 0. The third-order valence-electron chi connectivity index (χ3n) is 4.36. The second-order valence-corrected chi connectivity index (χ2v) is 6.61. The molecule has 0 saturated carbocycles. The van der Waals surface area contributed by atoms with Gasteiger partial charge in [-0.05, 0) is 48.9 Å². The molecule has 29 heavy (non-hydrogen) atoms. The monoisotopic (exact) mass is 388 g/mol. The Kier molecular flexibility index (Phi) is 5.74. The van der Waals surface area contributed by atoms with Crippen molar-refractivity contribution in [3.8, 4) is 12.3 Å². The van der Waals surface area contributed by atoms with E-state index in [-0.39, 0.29) is 23.2 Å². The number of ketones is 1. The number of carbonyl (C=O) groups excluding carboxylic acids is 2. The van der Waals surface area contributed by atoms with Crippen LogP contribution in [0.5, 0.6) is 0 Å². The highest BCUT2D eigenvalue weighted by Crippen LogP contribution is 2.20. The van der Waals surface area contributed by atoms with Crippen LogP contribution in [0.15, 0.2) is 47.3 Å². The van der Waals surface area contributed by atoms with Crippen molar-refractivity contribution in [1.82, 2.24) is 9.97 Å². The number of carbonyl (C=O) groups is 2. The number of Topliss-reactive ketones (excluding diaryl/α,β-unsaturated/α-hetero) is 1. The van der Waals surface area contributed by atoms with Crippen molar-refractivity contribution in [1.29, 1.82) is 0 Å². The highest BCUT2D eigenvalue weighted by atomic mass is 16.2. The predicted octanol–water partition coefficient (Wildman–Crippen LogP) is 2.72. The Morgan fingerprint density at radius 1 is 1.17 bits per heavy atom. The molecule has 1 amide bonds. The first-order chi connectivity index (χ1) is 13.9. The molecule has 3 aromatic rings. The average Bonchev–Trinajstić information content (AvgIpc) is 2.67. The Balaban J connectivity index is 1.91. The molecule has 2 aromatic carbocycles. The number of hydrogen-bond donors (Lipinski definition) is 2. The molecule has 7 heteroatoms. The molecule has 0 bridgehead atoms. The zero-order chi connectivity index (χ0) is 21.0. The van der Waals surface area contributed by atoms with Crippen LogP contribution >= 0.6 is 0 Å². The molecule has 0 radical (unpaired) electrons. The fourth-order valence-corrected chi connectivity index (χ4v) is 2.99. The molecule has 7 nitrogen and oxygen atoms in total.